The molecular weight excluding hydrogens is 207 g/mol. The highest BCUT2D eigenvalue weighted by Crippen LogP contribution is 2.35. The van der Waals surface area contributed by atoms with Crippen LogP contribution in [0.15, 0.2) is 0 Å². The summed E-state index contributed by atoms with van der Waals surface area (Å²) in [7, 11) is -3.77. The van der Waals surface area contributed by atoms with Crippen molar-refractivity contribution in [2.45, 2.75) is 27.2 Å². The molecule has 0 amide bonds. The van der Waals surface area contributed by atoms with Crippen LogP contribution in [0.5, 0.6) is 0 Å². The van der Waals surface area contributed by atoms with Crippen LogP contribution in [0.4, 0.5) is 0 Å². The third kappa shape index (κ3) is 12.5. The molecule has 0 heterocycles. The van der Waals surface area contributed by atoms with Crippen LogP contribution in [0.2, 0.25) is 0 Å². The van der Waals surface area contributed by atoms with Crippen LogP contribution < -0.4 is 0 Å². The Labute approximate surface area is 84.5 Å². The third-order valence-corrected chi connectivity index (χ3v) is 3.62. The molecule has 0 fully saturated rings. The second kappa shape index (κ2) is 5.40. The molecule has 0 aliphatic rings. The Balaban J connectivity index is 3.33. The van der Waals surface area contributed by atoms with Gasteiger partial charge in [-0.05, 0) is 17.6 Å². The van der Waals surface area contributed by atoms with Crippen molar-refractivity contribution < 1.29 is 14.4 Å². The minimum absolute atomic E-state index is 0.00180. The van der Waals surface area contributed by atoms with Crippen molar-refractivity contribution in [2.24, 2.45) is 5.41 Å². The van der Waals surface area contributed by atoms with E-state index in [2.05, 4.69) is 20.8 Å². The molecule has 80 valence electrons. The van der Waals surface area contributed by atoms with E-state index in [1.807, 2.05) is 0 Å². The Hall–Kier alpha value is 0.500. The summed E-state index contributed by atoms with van der Waals surface area (Å²) in [5, 5.41) is 0. The van der Waals surface area contributed by atoms with E-state index in [9.17, 15) is 4.57 Å². The Morgan fingerprint density at radius 2 is 1.77 bits per heavy atom. The second-order valence-corrected chi connectivity index (χ2v) is 7.31. The van der Waals surface area contributed by atoms with E-state index >= 15 is 0 Å². The summed E-state index contributed by atoms with van der Waals surface area (Å²) in [5.41, 5.74) is 0.315. The van der Waals surface area contributed by atoms with Crippen LogP contribution in [-0.2, 0) is 4.57 Å². The number of thioether (sulfide) groups is 1. The molecule has 0 saturated heterocycles. The van der Waals surface area contributed by atoms with Crippen LogP contribution in [0.25, 0.3) is 0 Å². The van der Waals surface area contributed by atoms with Crippen LogP contribution in [-0.4, -0.2) is 27.5 Å². The third-order valence-electron chi connectivity index (χ3n) is 1.52. The van der Waals surface area contributed by atoms with Gasteiger partial charge in [0.25, 0.3) is 0 Å². The fourth-order valence-corrected chi connectivity index (χ4v) is 3.09. The summed E-state index contributed by atoms with van der Waals surface area (Å²) >= 11 is 1.61. The first-order chi connectivity index (χ1) is 5.71. The molecule has 0 aromatic rings. The maximum Gasteiger partial charge on any atom is 0.326 e. The average molecular weight is 226 g/mol. The molecule has 0 aromatic heterocycles. The summed E-state index contributed by atoms with van der Waals surface area (Å²) in [6.45, 7) is 6.49. The molecule has 0 atom stereocenters. The molecule has 13 heavy (non-hydrogen) atoms. The summed E-state index contributed by atoms with van der Waals surface area (Å²) in [5.74, 6) is 1.53. The quantitative estimate of drug-likeness (QED) is 0.558. The molecule has 0 saturated carbocycles. The monoisotopic (exact) mass is 226 g/mol. The van der Waals surface area contributed by atoms with E-state index in [0.717, 1.165) is 12.2 Å². The van der Waals surface area contributed by atoms with E-state index in [1.165, 1.54) is 0 Å². The van der Waals surface area contributed by atoms with Crippen LogP contribution in [0.3, 0.4) is 0 Å². The summed E-state index contributed by atoms with van der Waals surface area (Å²) < 4.78 is 10.5. The van der Waals surface area contributed by atoms with Gasteiger partial charge in [-0.2, -0.15) is 11.8 Å². The summed E-state index contributed by atoms with van der Waals surface area (Å²) in [4.78, 5) is 17.1. The fraction of sp³-hybridized carbons (Fsp3) is 1.00. The Kier molecular flexibility index (Phi) is 5.61. The first kappa shape index (κ1) is 13.5. The molecule has 0 radical (unpaired) electrons. The zero-order valence-corrected chi connectivity index (χ0v) is 10.2. The molecule has 0 rings (SSSR count). The van der Waals surface area contributed by atoms with Crippen molar-refractivity contribution in [3.05, 3.63) is 0 Å². The van der Waals surface area contributed by atoms with Crippen LogP contribution in [0, 0.1) is 5.41 Å². The second-order valence-electron chi connectivity index (χ2n) is 4.31. The SMILES string of the molecule is CC(C)(C)CCSCCP(=O)(O)O. The molecular formula is C8H19O3PS. The van der Waals surface area contributed by atoms with Gasteiger partial charge in [-0.25, -0.2) is 0 Å². The molecule has 0 spiro atoms. The van der Waals surface area contributed by atoms with Gasteiger partial charge < -0.3 is 9.79 Å². The Morgan fingerprint density at radius 3 is 2.15 bits per heavy atom. The molecule has 0 bridgehead atoms. The molecule has 0 unspecified atom stereocenters. The maximum atomic E-state index is 10.5. The summed E-state index contributed by atoms with van der Waals surface area (Å²) in [6.07, 6.45) is 1.08. The van der Waals surface area contributed by atoms with Crippen molar-refractivity contribution in [3.8, 4) is 0 Å². The standard InChI is InChI=1S/C8H19O3PS/c1-8(2,3)4-6-13-7-5-12(9,10)11/h4-7H2,1-3H3,(H2,9,10,11). The lowest BCUT2D eigenvalue weighted by Gasteiger charge is -2.17. The molecule has 5 heteroatoms. The highest BCUT2D eigenvalue weighted by molar-refractivity contribution is 7.99. The van der Waals surface area contributed by atoms with Gasteiger partial charge in [0.15, 0.2) is 0 Å². The number of rotatable bonds is 5. The lowest BCUT2D eigenvalue weighted by Crippen LogP contribution is -2.06. The first-order valence-corrected chi connectivity index (χ1v) is 7.28. The van der Waals surface area contributed by atoms with E-state index in [4.69, 9.17) is 9.79 Å². The lowest BCUT2D eigenvalue weighted by atomic mass is 9.94. The van der Waals surface area contributed by atoms with Gasteiger partial charge >= 0.3 is 7.60 Å². The van der Waals surface area contributed by atoms with Crippen molar-refractivity contribution >= 4 is 19.4 Å². The minimum Gasteiger partial charge on any atom is -0.324 e. The van der Waals surface area contributed by atoms with E-state index in [-0.39, 0.29) is 6.16 Å². The van der Waals surface area contributed by atoms with E-state index in [0.29, 0.717) is 11.2 Å². The van der Waals surface area contributed by atoms with Crippen molar-refractivity contribution in [1.29, 1.82) is 0 Å². The van der Waals surface area contributed by atoms with E-state index < -0.39 is 7.60 Å². The van der Waals surface area contributed by atoms with Gasteiger partial charge in [0, 0.05) is 5.75 Å². The Morgan fingerprint density at radius 1 is 1.23 bits per heavy atom. The minimum atomic E-state index is -3.77. The van der Waals surface area contributed by atoms with Crippen molar-refractivity contribution in [2.75, 3.05) is 17.7 Å². The highest BCUT2D eigenvalue weighted by Gasteiger charge is 2.13. The van der Waals surface area contributed by atoms with E-state index in [1.54, 1.807) is 11.8 Å². The number of hydrogen-bond donors (Lipinski definition) is 2. The van der Waals surface area contributed by atoms with Crippen LogP contribution >= 0.6 is 19.4 Å². The molecule has 0 aliphatic heterocycles. The lowest BCUT2D eigenvalue weighted by molar-refractivity contribution is 0.375. The molecule has 0 aliphatic carbocycles. The van der Waals surface area contributed by atoms with Crippen molar-refractivity contribution in [3.63, 3.8) is 0 Å². The maximum absolute atomic E-state index is 10.5. The zero-order valence-electron chi connectivity index (χ0n) is 8.49. The van der Waals surface area contributed by atoms with Crippen molar-refractivity contribution in [1.82, 2.24) is 0 Å². The van der Waals surface area contributed by atoms with Gasteiger partial charge in [0.05, 0.1) is 6.16 Å². The van der Waals surface area contributed by atoms with Gasteiger partial charge in [0.2, 0.25) is 0 Å². The molecule has 3 nitrogen and oxygen atoms in total. The average Bonchev–Trinajstić information content (AvgIpc) is 1.81. The smallest absolute Gasteiger partial charge is 0.324 e. The van der Waals surface area contributed by atoms with Crippen LogP contribution in [0.1, 0.15) is 27.2 Å². The normalized spacial score (nSPS) is 13.3. The summed E-state index contributed by atoms with van der Waals surface area (Å²) in [6, 6.07) is 0. The zero-order chi connectivity index (χ0) is 10.5. The Bertz CT molecular complexity index is 182. The molecule has 2 N–H and O–H groups in total. The topological polar surface area (TPSA) is 57.5 Å². The number of hydrogen-bond acceptors (Lipinski definition) is 2. The van der Waals surface area contributed by atoms with Gasteiger partial charge in [0.1, 0.15) is 0 Å². The predicted octanol–water partition coefficient (Wildman–Crippen LogP) is 2.33. The molecule has 0 aromatic carbocycles. The highest BCUT2D eigenvalue weighted by atomic mass is 32.2. The fourth-order valence-electron chi connectivity index (χ4n) is 0.664. The first-order valence-electron chi connectivity index (χ1n) is 4.33. The van der Waals surface area contributed by atoms with Gasteiger partial charge in [-0.3, -0.25) is 4.57 Å². The van der Waals surface area contributed by atoms with Gasteiger partial charge in [-0.1, -0.05) is 20.8 Å². The predicted molar refractivity (Wildman–Crippen MR) is 58.3 cm³/mol. The van der Waals surface area contributed by atoms with Gasteiger partial charge in [-0.15, -0.1) is 0 Å². The largest absolute Gasteiger partial charge is 0.326 e.